The second kappa shape index (κ2) is 8.33. The molecule has 1 N–H and O–H groups in total. The number of nitrogens with one attached hydrogen (secondary N) is 1. The molecule has 1 aliphatic rings. The van der Waals surface area contributed by atoms with Gasteiger partial charge in [0.15, 0.2) is 5.96 Å². The van der Waals surface area contributed by atoms with Crippen molar-refractivity contribution in [1.29, 1.82) is 0 Å². The lowest BCUT2D eigenvalue weighted by Gasteiger charge is -2.29. The summed E-state index contributed by atoms with van der Waals surface area (Å²) in [7, 11) is 3.45. The van der Waals surface area contributed by atoms with Crippen LogP contribution >= 0.6 is 0 Å². The van der Waals surface area contributed by atoms with Gasteiger partial charge < -0.3 is 15.0 Å². The van der Waals surface area contributed by atoms with Gasteiger partial charge in [0.1, 0.15) is 0 Å². The van der Waals surface area contributed by atoms with Crippen molar-refractivity contribution in [3.63, 3.8) is 0 Å². The largest absolute Gasteiger partial charge is 0.481 e. The molecule has 0 radical (unpaired) electrons. The van der Waals surface area contributed by atoms with Crippen molar-refractivity contribution >= 4 is 11.5 Å². The predicted molar refractivity (Wildman–Crippen MR) is 102 cm³/mol. The van der Waals surface area contributed by atoms with Gasteiger partial charge in [0.05, 0.1) is 7.11 Å². The minimum absolute atomic E-state index is 0.628. The Bertz CT molecular complexity index is 738. The lowest BCUT2D eigenvalue weighted by atomic mass is 10.00. The van der Waals surface area contributed by atoms with Crippen molar-refractivity contribution in [2.75, 3.05) is 27.2 Å². The minimum atomic E-state index is 0.628. The maximum atomic E-state index is 5.09. The van der Waals surface area contributed by atoms with E-state index in [1.165, 1.54) is 11.1 Å². The van der Waals surface area contributed by atoms with Gasteiger partial charge in [-0.3, -0.25) is 4.99 Å². The Labute approximate surface area is 149 Å². The second-order valence-corrected chi connectivity index (χ2v) is 5.90. The number of nitrogens with zero attached hydrogens (tertiary/aromatic N) is 3. The molecule has 0 spiro atoms. The van der Waals surface area contributed by atoms with Gasteiger partial charge in [-0.1, -0.05) is 42.5 Å². The second-order valence-electron chi connectivity index (χ2n) is 5.90. The summed E-state index contributed by atoms with van der Waals surface area (Å²) in [4.78, 5) is 10.9. The van der Waals surface area contributed by atoms with E-state index in [2.05, 4.69) is 56.6 Å². The fourth-order valence-electron chi connectivity index (χ4n) is 2.93. The normalized spacial score (nSPS) is 14.9. The number of hydrogen-bond acceptors (Lipinski definition) is 3. The van der Waals surface area contributed by atoms with Crippen molar-refractivity contribution in [1.82, 2.24) is 15.2 Å². The molecule has 0 unspecified atom stereocenters. The quantitative estimate of drug-likeness (QED) is 0.689. The lowest BCUT2D eigenvalue weighted by molar-refractivity contribution is 0.397. The van der Waals surface area contributed by atoms with Crippen LogP contribution in [0.25, 0.3) is 5.57 Å². The molecule has 1 aromatic heterocycles. The highest BCUT2D eigenvalue weighted by atomic mass is 16.5. The van der Waals surface area contributed by atoms with Crippen molar-refractivity contribution in [3.05, 3.63) is 65.9 Å². The van der Waals surface area contributed by atoms with Gasteiger partial charge in [0.2, 0.25) is 5.88 Å². The molecule has 0 atom stereocenters. The molecule has 0 saturated carbocycles. The van der Waals surface area contributed by atoms with Gasteiger partial charge in [-0.05, 0) is 23.1 Å². The van der Waals surface area contributed by atoms with Crippen LogP contribution in [0, 0.1) is 0 Å². The standard InChI is InChI=1S/C20H24N4O/c1-21-20(23-15-16-8-9-19(25-2)22-14-16)24-12-10-18(11-13-24)17-6-4-3-5-7-17/h3-10,14H,11-13,15H2,1-2H3,(H,21,23). The molecule has 1 aromatic carbocycles. The van der Waals surface area contributed by atoms with E-state index in [9.17, 15) is 0 Å². The number of aromatic nitrogens is 1. The third-order valence-corrected chi connectivity index (χ3v) is 4.32. The molecule has 5 heteroatoms. The smallest absolute Gasteiger partial charge is 0.212 e. The van der Waals surface area contributed by atoms with Gasteiger partial charge in [0, 0.05) is 38.9 Å². The summed E-state index contributed by atoms with van der Waals surface area (Å²) in [5, 5.41) is 3.41. The zero-order valence-electron chi connectivity index (χ0n) is 14.8. The summed E-state index contributed by atoms with van der Waals surface area (Å²) in [6, 6.07) is 14.5. The van der Waals surface area contributed by atoms with Crippen LogP contribution in [0.2, 0.25) is 0 Å². The van der Waals surface area contributed by atoms with E-state index < -0.39 is 0 Å². The topological polar surface area (TPSA) is 49.8 Å². The van der Waals surface area contributed by atoms with Crippen molar-refractivity contribution in [2.24, 2.45) is 4.99 Å². The highest BCUT2D eigenvalue weighted by Crippen LogP contribution is 2.22. The van der Waals surface area contributed by atoms with E-state index >= 15 is 0 Å². The number of benzene rings is 1. The van der Waals surface area contributed by atoms with Crippen molar-refractivity contribution in [3.8, 4) is 5.88 Å². The van der Waals surface area contributed by atoms with Gasteiger partial charge >= 0.3 is 0 Å². The summed E-state index contributed by atoms with van der Waals surface area (Å²) < 4.78 is 5.09. The molecule has 2 aromatic rings. The first kappa shape index (κ1) is 17.0. The zero-order valence-corrected chi connectivity index (χ0v) is 14.8. The third-order valence-electron chi connectivity index (χ3n) is 4.32. The van der Waals surface area contributed by atoms with Crippen LogP contribution in [-0.4, -0.2) is 43.1 Å². The molecular weight excluding hydrogens is 312 g/mol. The summed E-state index contributed by atoms with van der Waals surface area (Å²) in [5.74, 6) is 1.54. The van der Waals surface area contributed by atoms with Gasteiger partial charge in [-0.15, -0.1) is 0 Å². The first-order valence-corrected chi connectivity index (χ1v) is 8.49. The Balaban J connectivity index is 1.58. The molecule has 25 heavy (non-hydrogen) atoms. The van der Waals surface area contributed by atoms with Crippen LogP contribution < -0.4 is 10.1 Å². The number of methoxy groups -OCH3 is 1. The van der Waals surface area contributed by atoms with Crippen LogP contribution in [0.1, 0.15) is 17.5 Å². The first-order chi connectivity index (χ1) is 12.3. The molecule has 0 fully saturated rings. The van der Waals surface area contributed by atoms with Crippen LogP contribution in [0.3, 0.4) is 0 Å². The molecule has 0 bridgehead atoms. The van der Waals surface area contributed by atoms with Gasteiger partial charge in [-0.25, -0.2) is 4.98 Å². The molecule has 0 amide bonds. The summed E-state index contributed by atoms with van der Waals surface area (Å²) in [6.07, 6.45) is 5.14. The highest BCUT2D eigenvalue weighted by molar-refractivity contribution is 5.81. The number of hydrogen-bond donors (Lipinski definition) is 1. The highest BCUT2D eigenvalue weighted by Gasteiger charge is 2.16. The fourth-order valence-corrected chi connectivity index (χ4v) is 2.93. The number of ether oxygens (including phenoxy) is 1. The van der Waals surface area contributed by atoms with Crippen molar-refractivity contribution < 1.29 is 4.74 Å². The van der Waals surface area contributed by atoms with E-state index in [0.717, 1.165) is 31.0 Å². The number of guanidine groups is 1. The molecule has 1 aliphatic heterocycles. The Morgan fingerprint density at radius 2 is 2.08 bits per heavy atom. The van der Waals surface area contributed by atoms with Gasteiger partial charge in [0.25, 0.3) is 0 Å². The Hall–Kier alpha value is -2.82. The maximum Gasteiger partial charge on any atom is 0.212 e. The molecule has 5 nitrogen and oxygen atoms in total. The maximum absolute atomic E-state index is 5.09. The van der Waals surface area contributed by atoms with Crippen LogP contribution in [-0.2, 0) is 6.54 Å². The monoisotopic (exact) mass is 336 g/mol. The van der Waals surface area contributed by atoms with E-state index in [1.54, 1.807) is 7.11 Å². The van der Waals surface area contributed by atoms with Crippen molar-refractivity contribution in [2.45, 2.75) is 13.0 Å². The summed E-state index contributed by atoms with van der Waals surface area (Å²) in [6.45, 7) is 2.52. The molecule has 0 saturated heterocycles. The zero-order chi connectivity index (χ0) is 17.5. The summed E-state index contributed by atoms with van der Waals surface area (Å²) in [5.41, 5.74) is 3.82. The van der Waals surface area contributed by atoms with Gasteiger partial charge in [-0.2, -0.15) is 0 Å². The lowest BCUT2D eigenvalue weighted by Crippen LogP contribution is -2.43. The Morgan fingerprint density at radius 1 is 1.24 bits per heavy atom. The SMILES string of the molecule is CN=C(NCc1ccc(OC)nc1)N1CC=C(c2ccccc2)CC1. The molecule has 2 heterocycles. The first-order valence-electron chi connectivity index (χ1n) is 8.49. The fraction of sp³-hybridized carbons (Fsp3) is 0.300. The number of aliphatic imine (C=N–C) groups is 1. The summed E-state index contributed by atoms with van der Waals surface area (Å²) >= 11 is 0. The van der Waals surface area contributed by atoms with E-state index in [0.29, 0.717) is 12.4 Å². The minimum Gasteiger partial charge on any atom is -0.481 e. The van der Waals surface area contributed by atoms with E-state index in [1.807, 2.05) is 25.4 Å². The molecule has 0 aliphatic carbocycles. The predicted octanol–water partition coefficient (Wildman–Crippen LogP) is 2.95. The van der Waals surface area contributed by atoms with Crippen LogP contribution in [0.5, 0.6) is 5.88 Å². The van der Waals surface area contributed by atoms with Crippen LogP contribution in [0.4, 0.5) is 0 Å². The average molecular weight is 336 g/mol. The van der Waals surface area contributed by atoms with E-state index in [-0.39, 0.29) is 0 Å². The average Bonchev–Trinajstić information content (AvgIpc) is 2.70. The number of pyridine rings is 1. The molecule has 3 rings (SSSR count). The molecule has 130 valence electrons. The van der Waals surface area contributed by atoms with Crippen LogP contribution in [0.15, 0.2) is 59.7 Å². The molecular formula is C20H24N4O. The van der Waals surface area contributed by atoms with E-state index in [4.69, 9.17) is 4.74 Å². The Kier molecular flexibility index (Phi) is 5.67. The Morgan fingerprint density at radius 3 is 2.68 bits per heavy atom. The number of rotatable bonds is 4. The third kappa shape index (κ3) is 4.38.